The molecule has 1 N–H and O–H groups in total. The maximum atomic E-state index is 12.8. The average molecular weight is 464 g/mol. The predicted molar refractivity (Wildman–Crippen MR) is 122 cm³/mol. The summed E-state index contributed by atoms with van der Waals surface area (Å²) >= 11 is 6.27. The smallest absolute Gasteiger partial charge is 0.285 e. The molecule has 0 radical (unpaired) electrons. The molecule has 1 aliphatic heterocycles. The molecule has 0 unspecified atom stereocenters. The number of thioether (sulfide) groups is 1. The number of benzene rings is 2. The second-order valence-electron chi connectivity index (χ2n) is 6.84. The first kappa shape index (κ1) is 21.5. The van der Waals surface area contributed by atoms with Crippen LogP contribution in [0.5, 0.6) is 0 Å². The van der Waals surface area contributed by atoms with Crippen LogP contribution in [-0.2, 0) is 4.79 Å². The first-order valence-corrected chi connectivity index (χ1v) is 10.6. The molecule has 2 heterocycles. The summed E-state index contributed by atoms with van der Waals surface area (Å²) in [7, 11) is 0. The Labute approximate surface area is 192 Å². The number of amides is 2. The van der Waals surface area contributed by atoms with Gasteiger partial charge in [0.05, 0.1) is 10.9 Å². The zero-order valence-corrected chi connectivity index (χ0v) is 18.3. The van der Waals surface area contributed by atoms with E-state index in [0.717, 1.165) is 22.3 Å². The van der Waals surface area contributed by atoms with E-state index in [1.54, 1.807) is 48.5 Å². The number of aromatic carboxylic acids is 1. The Morgan fingerprint density at radius 2 is 1.84 bits per heavy atom. The van der Waals surface area contributed by atoms with Crippen LogP contribution in [-0.4, -0.2) is 27.1 Å². The van der Waals surface area contributed by atoms with E-state index < -0.39 is 17.8 Å². The molecule has 4 rings (SSSR count). The van der Waals surface area contributed by atoms with Crippen LogP contribution in [0.15, 0.2) is 70.0 Å². The van der Waals surface area contributed by atoms with Crippen LogP contribution in [0.3, 0.4) is 0 Å². The van der Waals surface area contributed by atoms with Crippen LogP contribution < -0.4 is 10.5 Å². The van der Waals surface area contributed by atoms with Gasteiger partial charge in [-0.05, 0) is 60.6 Å². The standard InChI is InChI=1S/C23H16N2O5S2/c1-13-7-8-15(22(28)29)11-17(13)18-10-9-16(30-18)12-19-21(27)25(23(31)32-19)24-20(26)14-5-3-2-4-6-14/h2-12H,1H3,(H,24,26)(H,28,29)/p-1/b19-12-. The third-order valence-corrected chi connectivity index (χ3v) is 5.98. The highest BCUT2D eigenvalue weighted by molar-refractivity contribution is 8.26. The minimum Gasteiger partial charge on any atom is -0.545 e. The van der Waals surface area contributed by atoms with Crippen molar-refractivity contribution in [2.24, 2.45) is 0 Å². The van der Waals surface area contributed by atoms with Crippen molar-refractivity contribution in [3.8, 4) is 11.3 Å². The van der Waals surface area contributed by atoms with E-state index >= 15 is 0 Å². The van der Waals surface area contributed by atoms with E-state index in [2.05, 4.69) is 5.43 Å². The van der Waals surface area contributed by atoms with Crippen molar-refractivity contribution in [1.82, 2.24) is 10.4 Å². The molecule has 1 aliphatic rings. The van der Waals surface area contributed by atoms with Gasteiger partial charge in [-0.15, -0.1) is 0 Å². The number of hydrazine groups is 1. The fourth-order valence-electron chi connectivity index (χ4n) is 3.04. The highest BCUT2D eigenvalue weighted by Crippen LogP contribution is 2.33. The second kappa shape index (κ2) is 8.81. The molecule has 3 aromatic rings. The van der Waals surface area contributed by atoms with Crippen molar-refractivity contribution in [2.75, 3.05) is 0 Å². The number of carboxylic acid groups (broad SMARTS) is 1. The van der Waals surface area contributed by atoms with Crippen molar-refractivity contribution >= 4 is 52.2 Å². The Kier molecular flexibility index (Phi) is 5.93. The van der Waals surface area contributed by atoms with Crippen molar-refractivity contribution in [3.05, 3.63) is 88.0 Å². The van der Waals surface area contributed by atoms with E-state index in [0.29, 0.717) is 22.6 Å². The molecule has 7 nitrogen and oxygen atoms in total. The predicted octanol–water partition coefficient (Wildman–Crippen LogP) is 3.16. The summed E-state index contributed by atoms with van der Waals surface area (Å²) in [6.45, 7) is 1.83. The lowest BCUT2D eigenvalue weighted by Gasteiger charge is -2.15. The summed E-state index contributed by atoms with van der Waals surface area (Å²) in [4.78, 5) is 36.6. The Morgan fingerprint density at radius 3 is 2.56 bits per heavy atom. The monoisotopic (exact) mass is 463 g/mol. The van der Waals surface area contributed by atoms with Gasteiger partial charge in [-0.2, -0.15) is 5.01 Å². The number of nitrogens with one attached hydrogen (secondary N) is 1. The zero-order chi connectivity index (χ0) is 22.8. The number of hydrogen-bond donors (Lipinski definition) is 1. The Hall–Kier alpha value is -3.69. The first-order chi connectivity index (χ1) is 15.3. The molecule has 32 heavy (non-hydrogen) atoms. The fourth-order valence-corrected chi connectivity index (χ4v) is 4.20. The van der Waals surface area contributed by atoms with Crippen LogP contribution >= 0.6 is 24.0 Å². The minimum absolute atomic E-state index is 0.0404. The van der Waals surface area contributed by atoms with Gasteiger partial charge in [-0.25, -0.2) is 0 Å². The average Bonchev–Trinajstić information content (AvgIpc) is 3.34. The SMILES string of the molecule is Cc1ccc(C(=O)[O-])cc1-c1ccc(/C=C2\SC(=S)N(NC(=O)c3ccccc3)C2=O)o1. The van der Waals surface area contributed by atoms with Crippen molar-refractivity contribution in [2.45, 2.75) is 6.92 Å². The summed E-state index contributed by atoms with van der Waals surface area (Å²) in [6.07, 6.45) is 1.52. The van der Waals surface area contributed by atoms with Crippen LogP contribution in [0, 0.1) is 6.92 Å². The summed E-state index contributed by atoms with van der Waals surface area (Å²) in [5.74, 6) is -1.37. The van der Waals surface area contributed by atoms with E-state index in [1.165, 1.54) is 18.2 Å². The molecule has 9 heteroatoms. The number of furan rings is 1. The number of carbonyl (C=O) groups is 3. The third kappa shape index (κ3) is 4.34. The highest BCUT2D eigenvalue weighted by atomic mass is 32.2. The highest BCUT2D eigenvalue weighted by Gasteiger charge is 2.34. The lowest BCUT2D eigenvalue weighted by atomic mass is 10.0. The number of thiocarbonyl (C=S) groups is 1. The van der Waals surface area contributed by atoms with Crippen molar-refractivity contribution in [3.63, 3.8) is 0 Å². The molecule has 2 amide bonds. The van der Waals surface area contributed by atoms with Gasteiger partial charge >= 0.3 is 0 Å². The molecule has 1 saturated heterocycles. The summed E-state index contributed by atoms with van der Waals surface area (Å²) < 4.78 is 6.00. The minimum atomic E-state index is -1.28. The van der Waals surface area contributed by atoms with E-state index in [1.807, 2.05) is 6.92 Å². The molecule has 0 spiro atoms. The lowest BCUT2D eigenvalue weighted by molar-refractivity contribution is -0.255. The molecule has 0 aliphatic carbocycles. The fraction of sp³-hybridized carbons (Fsp3) is 0.0435. The van der Waals surface area contributed by atoms with E-state index in [-0.39, 0.29) is 14.8 Å². The van der Waals surface area contributed by atoms with Gasteiger partial charge < -0.3 is 14.3 Å². The molecule has 0 bridgehead atoms. The number of rotatable bonds is 5. The van der Waals surface area contributed by atoms with Crippen LogP contribution in [0.1, 0.15) is 32.0 Å². The normalized spacial score (nSPS) is 14.8. The summed E-state index contributed by atoms with van der Waals surface area (Å²) in [5.41, 5.74) is 4.38. The van der Waals surface area contributed by atoms with E-state index in [9.17, 15) is 19.5 Å². The lowest BCUT2D eigenvalue weighted by Crippen LogP contribution is -2.44. The summed E-state index contributed by atoms with van der Waals surface area (Å²) in [6, 6.07) is 16.4. The number of carbonyl (C=O) groups excluding carboxylic acids is 3. The Morgan fingerprint density at radius 1 is 1.09 bits per heavy atom. The van der Waals surface area contributed by atoms with Gasteiger partial charge in [-0.3, -0.25) is 15.0 Å². The van der Waals surface area contributed by atoms with Crippen LogP contribution in [0.2, 0.25) is 0 Å². The van der Waals surface area contributed by atoms with Gasteiger partial charge in [0.1, 0.15) is 11.5 Å². The number of carboxylic acids is 1. The first-order valence-electron chi connectivity index (χ1n) is 9.39. The molecular formula is C23H15N2O5S2-. The van der Waals surface area contributed by atoms with Crippen LogP contribution in [0.4, 0.5) is 0 Å². The molecule has 0 saturated carbocycles. The van der Waals surface area contributed by atoms with Crippen molar-refractivity contribution in [1.29, 1.82) is 0 Å². The third-order valence-electron chi connectivity index (χ3n) is 4.68. The van der Waals surface area contributed by atoms with Gasteiger partial charge in [-0.1, -0.05) is 42.1 Å². The number of hydrogen-bond acceptors (Lipinski definition) is 7. The molecule has 0 atom stereocenters. The molecule has 160 valence electrons. The second-order valence-corrected chi connectivity index (χ2v) is 8.52. The number of aryl methyl sites for hydroxylation is 1. The largest absolute Gasteiger partial charge is 0.545 e. The van der Waals surface area contributed by atoms with Gasteiger partial charge in [0.2, 0.25) is 0 Å². The Bertz CT molecular complexity index is 1280. The van der Waals surface area contributed by atoms with Crippen LogP contribution in [0.25, 0.3) is 17.4 Å². The maximum absolute atomic E-state index is 12.8. The van der Waals surface area contributed by atoms with Crippen molar-refractivity contribution < 1.29 is 23.9 Å². The quantitative estimate of drug-likeness (QED) is 0.458. The molecule has 1 fully saturated rings. The molecular weight excluding hydrogens is 448 g/mol. The molecule has 2 aromatic carbocycles. The summed E-state index contributed by atoms with van der Waals surface area (Å²) in [5, 5.41) is 12.2. The van der Waals surface area contributed by atoms with Gasteiger partial charge in [0.15, 0.2) is 4.32 Å². The number of nitrogens with zero attached hydrogens (tertiary/aromatic N) is 1. The van der Waals surface area contributed by atoms with Gasteiger partial charge in [0.25, 0.3) is 11.8 Å². The maximum Gasteiger partial charge on any atom is 0.285 e. The molecule has 1 aromatic heterocycles. The Balaban J connectivity index is 1.54. The van der Waals surface area contributed by atoms with E-state index in [4.69, 9.17) is 16.6 Å². The van der Waals surface area contributed by atoms with Gasteiger partial charge in [0, 0.05) is 17.2 Å². The topological polar surface area (TPSA) is 103 Å². The zero-order valence-electron chi connectivity index (χ0n) is 16.7.